The summed E-state index contributed by atoms with van der Waals surface area (Å²) >= 11 is 0. The first-order valence-corrected chi connectivity index (χ1v) is 47.5. The molecule has 0 aromatic heterocycles. The maximum Gasteiger partial charge on any atom is 0.0132 e. The predicted octanol–water partition coefficient (Wildman–Crippen LogP) is 27.4. The average Bonchev–Trinajstić information content (AvgIpc) is 0.714. The topological polar surface area (TPSA) is 6.48 Å². The Morgan fingerprint density at radius 2 is 0.390 bits per heavy atom. The Morgan fingerprint density at radius 1 is 0.180 bits per heavy atom. The van der Waals surface area contributed by atoms with Crippen LogP contribution in [0.15, 0.2) is 48.6 Å². The molecule has 16 unspecified atom stereocenters. The fourth-order valence-electron chi connectivity index (χ4n) is 30.8. The number of nitrogens with zero attached hydrogens (tertiary/aromatic N) is 2. The SMILES string of the molecule is CC1CCC(C=CC2CCC(N(C3CCC(C=CC4CCC(C)CC4)CC3)C3CCC(C4C5CCCCC5C(C5CCC(N(C6CCC(C=CC7CCC(C)CC7)CC6)C6CCC(C=CC7CCC(C)CC7)CC6)C6CCCCC56)C5CC6CCCCC6CC54)C4CCCCC43)CC2)CC1. The molecule has 100 heavy (non-hydrogen) atoms. The number of rotatable bonds is 16. The van der Waals surface area contributed by atoms with Crippen molar-refractivity contribution in [2.75, 3.05) is 0 Å². The van der Waals surface area contributed by atoms with Crippen molar-refractivity contribution < 1.29 is 0 Å². The van der Waals surface area contributed by atoms with Gasteiger partial charge in [0.2, 0.25) is 0 Å². The molecule has 0 bridgehead atoms. The van der Waals surface area contributed by atoms with E-state index in [-0.39, 0.29) is 0 Å². The summed E-state index contributed by atoms with van der Waals surface area (Å²) in [6.07, 6.45) is 104. The summed E-state index contributed by atoms with van der Waals surface area (Å²) in [5.74, 6) is 25.2. The van der Waals surface area contributed by atoms with Crippen LogP contribution in [0.4, 0.5) is 0 Å². The van der Waals surface area contributed by atoms with Gasteiger partial charge in [-0.3, -0.25) is 9.80 Å². The maximum absolute atomic E-state index is 3.52. The molecule has 16 rings (SSSR count). The lowest BCUT2D eigenvalue weighted by Crippen LogP contribution is -2.62. The number of hydrogen-bond donors (Lipinski definition) is 0. The van der Waals surface area contributed by atoms with E-state index in [0.717, 1.165) is 190 Å². The molecular weight excluding hydrogens is 1210 g/mol. The molecule has 0 radical (unpaired) electrons. The Morgan fingerprint density at radius 3 is 0.650 bits per heavy atom. The molecule has 0 saturated heterocycles. The monoisotopic (exact) mass is 1370 g/mol. The minimum absolute atomic E-state index is 0.841. The first-order chi connectivity index (χ1) is 49.2. The van der Waals surface area contributed by atoms with Gasteiger partial charge >= 0.3 is 0 Å². The molecule has 0 aromatic carbocycles. The Hall–Kier alpha value is -1.12. The van der Waals surface area contributed by atoms with E-state index in [2.05, 4.69) is 86.1 Å². The van der Waals surface area contributed by atoms with Crippen LogP contribution in [0.5, 0.6) is 0 Å². The first-order valence-electron chi connectivity index (χ1n) is 47.5. The molecule has 16 saturated carbocycles. The van der Waals surface area contributed by atoms with Crippen LogP contribution < -0.4 is 0 Å². The molecule has 16 fully saturated rings. The molecule has 0 aromatic rings. The summed E-state index contributed by atoms with van der Waals surface area (Å²) < 4.78 is 0. The Bertz CT molecular complexity index is 2280. The van der Waals surface area contributed by atoms with Crippen molar-refractivity contribution >= 4 is 0 Å². The summed E-state index contributed by atoms with van der Waals surface area (Å²) in [4.78, 5) is 7.03. The first kappa shape index (κ1) is 73.0. The lowest BCUT2D eigenvalue weighted by molar-refractivity contribution is -0.169. The van der Waals surface area contributed by atoms with Crippen molar-refractivity contribution in [3.8, 4) is 0 Å². The van der Waals surface area contributed by atoms with Crippen molar-refractivity contribution in [3.63, 3.8) is 0 Å². The van der Waals surface area contributed by atoms with E-state index in [1.807, 2.05) is 0 Å². The number of hydrogen-bond acceptors (Lipinski definition) is 2. The van der Waals surface area contributed by atoms with Gasteiger partial charge in [0, 0.05) is 36.3 Å². The van der Waals surface area contributed by atoms with Crippen molar-refractivity contribution in [1.29, 1.82) is 0 Å². The van der Waals surface area contributed by atoms with Crippen LogP contribution in [0.2, 0.25) is 0 Å². The predicted molar refractivity (Wildman–Crippen MR) is 426 cm³/mol. The van der Waals surface area contributed by atoms with Gasteiger partial charge in [-0.05, 0) is 385 Å². The summed E-state index contributed by atoms with van der Waals surface area (Å²) in [7, 11) is 0. The lowest BCUT2D eigenvalue weighted by Gasteiger charge is -2.66. The molecule has 2 nitrogen and oxygen atoms in total. The van der Waals surface area contributed by atoms with E-state index >= 15 is 0 Å². The normalized spacial score (nSPS) is 49.5. The van der Waals surface area contributed by atoms with Gasteiger partial charge in [0.05, 0.1) is 0 Å². The van der Waals surface area contributed by atoms with Gasteiger partial charge in [-0.25, -0.2) is 0 Å². The third kappa shape index (κ3) is 17.0. The van der Waals surface area contributed by atoms with E-state index in [1.165, 1.54) is 205 Å². The molecule has 0 aliphatic heterocycles. The Labute approximate surface area is 619 Å². The fourth-order valence-corrected chi connectivity index (χ4v) is 30.8. The molecule has 562 valence electrons. The van der Waals surface area contributed by atoms with Crippen molar-refractivity contribution in [1.82, 2.24) is 9.80 Å². The van der Waals surface area contributed by atoms with Gasteiger partial charge in [0.25, 0.3) is 0 Å². The third-order valence-corrected chi connectivity index (χ3v) is 36.3. The van der Waals surface area contributed by atoms with Crippen molar-refractivity contribution in [2.45, 2.75) is 411 Å². The molecule has 16 aliphatic carbocycles. The second-order valence-corrected chi connectivity index (χ2v) is 42.0. The standard InChI is InChI=1S/C98H160N2/c1-67-21-29-71(30-22-67)37-41-75-45-53-81(54-46-75)99(82-55-47-76(48-56-82)42-38-72-31-23-68(2)24-32-72)95-63-61-91(85-15-7-9-17-87(85)95)97-89-19-11-12-20-90(89)98(94-66-80-14-6-5-13-79(80)65-93(94)97)92-62-64-96(88-18-10-8-16-86(88)92)100(83-57-49-77(50-58-83)43-39-73-33-25-69(3)26-34-73)84-59-51-78(52-60-84)44-40-74-35-27-70(4)28-36-74/h37-44,67-98H,5-36,45-66H2,1-4H3. The van der Waals surface area contributed by atoms with Crippen LogP contribution in [0.1, 0.15) is 374 Å². The highest BCUT2D eigenvalue weighted by Gasteiger charge is 2.62. The highest BCUT2D eigenvalue weighted by atomic mass is 15.2. The summed E-state index contributed by atoms with van der Waals surface area (Å²) in [6.45, 7) is 10.0. The van der Waals surface area contributed by atoms with Crippen LogP contribution in [0, 0.1) is 154 Å². The van der Waals surface area contributed by atoms with E-state index in [4.69, 9.17) is 0 Å². The van der Waals surface area contributed by atoms with Gasteiger partial charge in [-0.15, -0.1) is 0 Å². The van der Waals surface area contributed by atoms with E-state index in [0.29, 0.717) is 0 Å². The zero-order valence-corrected chi connectivity index (χ0v) is 66.2. The quantitative estimate of drug-likeness (QED) is 0.142. The van der Waals surface area contributed by atoms with E-state index < -0.39 is 0 Å². The van der Waals surface area contributed by atoms with Gasteiger partial charge in [0.1, 0.15) is 0 Å². The summed E-state index contributed by atoms with van der Waals surface area (Å²) in [5, 5.41) is 0. The highest BCUT2D eigenvalue weighted by molar-refractivity contribution is 5.13. The van der Waals surface area contributed by atoms with Crippen LogP contribution in [0.25, 0.3) is 0 Å². The van der Waals surface area contributed by atoms with E-state index in [9.17, 15) is 0 Å². The van der Waals surface area contributed by atoms with Gasteiger partial charge < -0.3 is 0 Å². The van der Waals surface area contributed by atoms with Crippen molar-refractivity contribution in [3.05, 3.63) is 48.6 Å². The molecule has 0 N–H and O–H groups in total. The molecule has 0 heterocycles. The smallest absolute Gasteiger partial charge is 0.0132 e. The summed E-state index contributed by atoms with van der Waals surface area (Å²) in [5.41, 5.74) is 0. The van der Waals surface area contributed by atoms with Crippen LogP contribution >= 0.6 is 0 Å². The van der Waals surface area contributed by atoms with Crippen LogP contribution in [-0.4, -0.2) is 46.1 Å². The maximum atomic E-state index is 3.52. The molecule has 2 heteroatoms. The van der Waals surface area contributed by atoms with E-state index in [1.54, 1.807) is 141 Å². The van der Waals surface area contributed by atoms with Crippen LogP contribution in [-0.2, 0) is 0 Å². The van der Waals surface area contributed by atoms with Crippen LogP contribution in [0.3, 0.4) is 0 Å². The minimum Gasteiger partial charge on any atom is -0.294 e. The van der Waals surface area contributed by atoms with Gasteiger partial charge in [0.15, 0.2) is 0 Å². The second-order valence-electron chi connectivity index (χ2n) is 42.0. The Balaban J connectivity index is 0.652. The average molecular weight is 1370 g/mol. The third-order valence-electron chi connectivity index (χ3n) is 36.3. The largest absolute Gasteiger partial charge is 0.294 e. The van der Waals surface area contributed by atoms with Gasteiger partial charge in [-0.2, -0.15) is 0 Å². The molecule has 0 spiro atoms. The zero-order valence-electron chi connectivity index (χ0n) is 66.2. The molecule has 16 atom stereocenters. The lowest BCUT2D eigenvalue weighted by atomic mass is 9.40. The number of fused-ring (bicyclic) bond motifs is 5. The molecule has 0 amide bonds. The second kappa shape index (κ2) is 34.6. The fraction of sp³-hybridized carbons (Fsp3) is 0.918. The molecular formula is C98H160N2. The molecule has 16 aliphatic rings. The summed E-state index contributed by atoms with van der Waals surface area (Å²) in [6, 6.07) is 5.11. The zero-order chi connectivity index (χ0) is 67.5. The highest BCUT2D eigenvalue weighted by Crippen LogP contribution is 2.68. The minimum atomic E-state index is 0.841. The van der Waals surface area contributed by atoms with Crippen molar-refractivity contribution in [2.24, 2.45) is 154 Å². The Kier molecular flexibility index (Phi) is 25.3. The van der Waals surface area contributed by atoms with Gasteiger partial charge in [-0.1, -0.05) is 192 Å². The number of allylic oxidation sites excluding steroid dienone is 8.